The van der Waals surface area contributed by atoms with Gasteiger partial charge in [0.25, 0.3) is 0 Å². The topological polar surface area (TPSA) is 47.1 Å². The van der Waals surface area contributed by atoms with Crippen LogP contribution in [0.15, 0.2) is 22.9 Å². The van der Waals surface area contributed by atoms with Gasteiger partial charge in [0.2, 0.25) is 5.89 Å². The van der Waals surface area contributed by atoms with Crippen LogP contribution in [-0.2, 0) is 19.4 Å². The summed E-state index contributed by atoms with van der Waals surface area (Å²) < 4.78 is 7.90. The zero-order valence-corrected chi connectivity index (χ0v) is 11.0. The zero-order valence-electron chi connectivity index (χ0n) is 11.0. The Hall–Kier alpha value is -1.62. The fraction of sp³-hybridized carbons (Fsp3) is 0.571. The van der Waals surface area contributed by atoms with Crippen LogP contribution in [0, 0.1) is 0 Å². The van der Waals surface area contributed by atoms with Crippen LogP contribution in [0.1, 0.15) is 36.2 Å². The van der Waals surface area contributed by atoms with E-state index in [1.807, 2.05) is 18.5 Å². The van der Waals surface area contributed by atoms with Gasteiger partial charge in [0.15, 0.2) is 0 Å². The van der Waals surface area contributed by atoms with Gasteiger partial charge in [-0.05, 0) is 25.3 Å². The van der Waals surface area contributed by atoms with Gasteiger partial charge < -0.3 is 4.42 Å². The number of aryl methyl sites for hydroxylation is 2. The number of likely N-dealkylation sites (tertiary alicyclic amines) is 1. The van der Waals surface area contributed by atoms with Gasteiger partial charge in [-0.25, -0.2) is 4.98 Å². The molecule has 3 heterocycles. The van der Waals surface area contributed by atoms with Gasteiger partial charge >= 0.3 is 0 Å². The standard InChI is InChI=1S/C14H18N4O/c1-3-12-13(4-1)19-14(16-12)10-17-8-5-11(9-17)18-7-2-6-15-18/h2,6-7,11H,1,3-5,8-10H2. The molecule has 2 aromatic heterocycles. The van der Waals surface area contributed by atoms with Crippen molar-refractivity contribution in [2.24, 2.45) is 0 Å². The third-order valence-corrected chi connectivity index (χ3v) is 4.15. The van der Waals surface area contributed by atoms with E-state index >= 15 is 0 Å². The van der Waals surface area contributed by atoms with Crippen molar-refractivity contribution in [2.45, 2.75) is 38.3 Å². The minimum absolute atomic E-state index is 0.497. The maximum absolute atomic E-state index is 5.84. The van der Waals surface area contributed by atoms with Crippen LogP contribution in [0.3, 0.4) is 0 Å². The molecule has 0 aromatic carbocycles. The van der Waals surface area contributed by atoms with Crippen molar-refractivity contribution >= 4 is 0 Å². The molecule has 19 heavy (non-hydrogen) atoms. The third-order valence-electron chi connectivity index (χ3n) is 4.15. The molecule has 1 fully saturated rings. The molecule has 0 bridgehead atoms. The van der Waals surface area contributed by atoms with Crippen molar-refractivity contribution in [1.82, 2.24) is 19.7 Å². The van der Waals surface area contributed by atoms with Crippen LogP contribution in [0.25, 0.3) is 0 Å². The van der Waals surface area contributed by atoms with Gasteiger partial charge in [0.1, 0.15) is 5.76 Å². The van der Waals surface area contributed by atoms with E-state index < -0.39 is 0 Å². The van der Waals surface area contributed by atoms with Crippen molar-refractivity contribution in [3.05, 3.63) is 35.8 Å². The molecule has 0 saturated carbocycles. The second-order valence-electron chi connectivity index (χ2n) is 5.49. The van der Waals surface area contributed by atoms with Crippen molar-refractivity contribution in [2.75, 3.05) is 13.1 Å². The lowest BCUT2D eigenvalue weighted by molar-refractivity contribution is 0.273. The average Bonchev–Trinajstić information content (AvgIpc) is 3.12. The molecule has 1 atom stereocenters. The second-order valence-corrected chi connectivity index (χ2v) is 5.49. The zero-order chi connectivity index (χ0) is 12.7. The van der Waals surface area contributed by atoms with Gasteiger partial charge in [0, 0.05) is 31.9 Å². The molecule has 0 N–H and O–H groups in total. The van der Waals surface area contributed by atoms with Crippen molar-refractivity contribution < 1.29 is 4.42 Å². The van der Waals surface area contributed by atoms with E-state index in [1.165, 1.54) is 12.1 Å². The fourth-order valence-electron chi connectivity index (χ4n) is 3.17. The fourth-order valence-corrected chi connectivity index (χ4v) is 3.17. The number of oxazole rings is 1. The molecule has 0 radical (unpaired) electrons. The Morgan fingerprint density at radius 2 is 2.37 bits per heavy atom. The van der Waals surface area contributed by atoms with E-state index in [9.17, 15) is 0 Å². The first-order valence-electron chi connectivity index (χ1n) is 7.07. The average molecular weight is 258 g/mol. The second kappa shape index (κ2) is 4.49. The Bertz CT molecular complexity index is 539. The Kier molecular flexibility index (Phi) is 2.65. The lowest BCUT2D eigenvalue weighted by Crippen LogP contribution is -2.21. The minimum Gasteiger partial charge on any atom is -0.444 e. The molecular formula is C14H18N4O. The SMILES string of the molecule is c1cnn(C2CCN(Cc3nc4c(o3)CCC4)C2)c1. The lowest BCUT2D eigenvalue weighted by Gasteiger charge is -2.14. The quantitative estimate of drug-likeness (QED) is 0.842. The summed E-state index contributed by atoms with van der Waals surface area (Å²) in [5.41, 5.74) is 1.19. The number of hydrogen-bond acceptors (Lipinski definition) is 4. The maximum atomic E-state index is 5.84. The summed E-state index contributed by atoms with van der Waals surface area (Å²) in [6.45, 7) is 2.97. The molecule has 1 aliphatic heterocycles. The molecule has 1 saturated heterocycles. The molecular weight excluding hydrogens is 240 g/mol. The van der Waals surface area contributed by atoms with E-state index in [2.05, 4.69) is 19.7 Å². The van der Waals surface area contributed by atoms with Crippen LogP contribution in [0.2, 0.25) is 0 Å². The Labute approximate surface area is 112 Å². The predicted molar refractivity (Wildman–Crippen MR) is 69.7 cm³/mol. The summed E-state index contributed by atoms with van der Waals surface area (Å²) in [4.78, 5) is 7.02. The first-order chi connectivity index (χ1) is 9.38. The summed E-state index contributed by atoms with van der Waals surface area (Å²) in [6, 6.07) is 2.48. The largest absolute Gasteiger partial charge is 0.444 e. The van der Waals surface area contributed by atoms with Crippen molar-refractivity contribution in [1.29, 1.82) is 0 Å². The van der Waals surface area contributed by atoms with Crippen molar-refractivity contribution in [3.63, 3.8) is 0 Å². The van der Waals surface area contributed by atoms with Gasteiger partial charge in [-0.1, -0.05) is 0 Å². The summed E-state index contributed by atoms with van der Waals surface area (Å²) in [5, 5.41) is 4.33. The first-order valence-corrected chi connectivity index (χ1v) is 7.07. The summed E-state index contributed by atoms with van der Waals surface area (Å²) in [5.74, 6) is 2.02. The molecule has 0 amide bonds. The molecule has 4 rings (SSSR count). The smallest absolute Gasteiger partial charge is 0.208 e. The number of nitrogens with zero attached hydrogens (tertiary/aromatic N) is 4. The van der Waals surface area contributed by atoms with E-state index in [4.69, 9.17) is 4.42 Å². The molecule has 5 nitrogen and oxygen atoms in total. The van der Waals surface area contributed by atoms with Crippen LogP contribution in [-0.4, -0.2) is 32.8 Å². The van der Waals surface area contributed by atoms with Gasteiger partial charge in [-0.3, -0.25) is 9.58 Å². The highest BCUT2D eigenvalue weighted by Gasteiger charge is 2.26. The van der Waals surface area contributed by atoms with Crippen LogP contribution in [0.4, 0.5) is 0 Å². The van der Waals surface area contributed by atoms with E-state index in [0.717, 1.165) is 50.5 Å². The Morgan fingerprint density at radius 3 is 3.21 bits per heavy atom. The Balaban J connectivity index is 1.41. The molecule has 100 valence electrons. The van der Waals surface area contributed by atoms with Crippen LogP contribution >= 0.6 is 0 Å². The molecule has 2 aromatic rings. The normalized spacial score (nSPS) is 23.1. The summed E-state index contributed by atoms with van der Waals surface area (Å²) >= 11 is 0. The molecule has 2 aliphatic rings. The van der Waals surface area contributed by atoms with E-state index in [-0.39, 0.29) is 0 Å². The monoisotopic (exact) mass is 258 g/mol. The first kappa shape index (κ1) is 11.2. The summed E-state index contributed by atoms with van der Waals surface area (Å²) in [7, 11) is 0. The highest BCUT2D eigenvalue weighted by Crippen LogP contribution is 2.25. The summed E-state index contributed by atoms with van der Waals surface area (Å²) in [6.07, 6.45) is 8.41. The number of hydrogen-bond donors (Lipinski definition) is 0. The number of aromatic nitrogens is 3. The lowest BCUT2D eigenvalue weighted by atomic mass is 10.3. The van der Waals surface area contributed by atoms with Gasteiger partial charge in [-0.15, -0.1) is 0 Å². The molecule has 5 heteroatoms. The van der Waals surface area contributed by atoms with Gasteiger partial charge in [0.05, 0.1) is 18.3 Å². The maximum Gasteiger partial charge on any atom is 0.208 e. The van der Waals surface area contributed by atoms with E-state index in [1.54, 1.807) is 0 Å². The molecule has 1 aliphatic carbocycles. The predicted octanol–water partition coefficient (Wildman–Crippen LogP) is 1.81. The van der Waals surface area contributed by atoms with Gasteiger partial charge in [-0.2, -0.15) is 5.10 Å². The molecule has 0 spiro atoms. The van der Waals surface area contributed by atoms with Crippen LogP contribution < -0.4 is 0 Å². The number of fused-ring (bicyclic) bond motifs is 1. The third kappa shape index (κ3) is 2.08. The molecule has 1 unspecified atom stereocenters. The van der Waals surface area contributed by atoms with E-state index in [0.29, 0.717) is 6.04 Å². The highest BCUT2D eigenvalue weighted by atomic mass is 16.4. The Morgan fingerprint density at radius 1 is 1.37 bits per heavy atom. The van der Waals surface area contributed by atoms with Crippen LogP contribution in [0.5, 0.6) is 0 Å². The highest BCUT2D eigenvalue weighted by molar-refractivity contribution is 5.15. The van der Waals surface area contributed by atoms with Crippen molar-refractivity contribution in [3.8, 4) is 0 Å². The number of rotatable bonds is 3. The minimum atomic E-state index is 0.497.